The molecule has 304 valence electrons. The van der Waals surface area contributed by atoms with Crippen LogP contribution in [0.15, 0.2) is 134 Å². The second-order valence-electron chi connectivity index (χ2n) is 13.0. The Hall–Kier alpha value is -6.54. The Morgan fingerprint density at radius 1 is 0.746 bits per heavy atom. The van der Waals surface area contributed by atoms with Crippen molar-refractivity contribution < 1.29 is 59.1 Å². The van der Waals surface area contributed by atoms with Crippen molar-refractivity contribution in [2.75, 3.05) is 18.5 Å². The summed E-state index contributed by atoms with van der Waals surface area (Å²) in [4.78, 5) is 52.4. The zero-order valence-electron chi connectivity index (χ0n) is 30.5. The van der Waals surface area contributed by atoms with Gasteiger partial charge in [-0.1, -0.05) is 84.9 Å². The monoisotopic (exact) mass is 831 g/mol. The molecule has 1 amide bonds. The Kier molecular flexibility index (Phi) is 11.8. The molecule has 3 heterocycles. The molecule has 1 aliphatic rings. The van der Waals surface area contributed by atoms with E-state index in [9.17, 15) is 36.0 Å². The number of imidazole rings is 1. The zero-order chi connectivity index (χ0) is 41.6. The molecule has 15 nitrogen and oxygen atoms in total. The summed E-state index contributed by atoms with van der Waals surface area (Å²) in [5.41, 5.74) is -7.54. The van der Waals surface area contributed by atoms with Crippen LogP contribution in [0, 0.1) is 0 Å². The molecule has 0 aliphatic carbocycles. The fourth-order valence-electron chi connectivity index (χ4n) is 6.21. The predicted octanol–water partition coefficient (Wildman–Crippen LogP) is 5.88. The second kappa shape index (κ2) is 17.1. The number of nitrogens with zero attached hydrogens (tertiary/aromatic N) is 4. The maximum absolute atomic E-state index is 14.2. The van der Waals surface area contributed by atoms with Crippen molar-refractivity contribution in [2.45, 2.75) is 36.2 Å². The van der Waals surface area contributed by atoms with Crippen molar-refractivity contribution in [3.63, 3.8) is 0 Å². The molecule has 6 aromatic rings. The smallest absolute Gasteiger partial charge is 0.459 e. The molecule has 4 aromatic carbocycles. The number of halogens is 3. The Labute approximate surface area is 333 Å². The summed E-state index contributed by atoms with van der Waals surface area (Å²) in [5.74, 6) is -2.51. The van der Waals surface area contributed by atoms with E-state index >= 15 is 0 Å². The lowest BCUT2D eigenvalue weighted by Crippen LogP contribution is -2.53. The van der Waals surface area contributed by atoms with E-state index in [-0.39, 0.29) is 40.3 Å². The number of nitrogens with one attached hydrogen (secondary N) is 1. The van der Waals surface area contributed by atoms with Crippen LogP contribution in [0.4, 0.5) is 19.0 Å². The highest BCUT2D eigenvalue weighted by Crippen LogP contribution is 2.45. The van der Waals surface area contributed by atoms with Crippen LogP contribution in [0.5, 0.6) is 0 Å². The molecule has 1 saturated heterocycles. The van der Waals surface area contributed by atoms with E-state index in [4.69, 9.17) is 23.1 Å². The van der Waals surface area contributed by atoms with Crippen LogP contribution in [0.3, 0.4) is 0 Å². The van der Waals surface area contributed by atoms with Gasteiger partial charge in [0.15, 0.2) is 34.9 Å². The molecule has 0 radical (unpaired) electrons. The molecule has 7 rings (SSSR count). The molecule has 1 N–H and O–H groups in total. The van der Waals surface area contributed by atoms with E-state index in [1.165, 1.54) is 24.3 Å². The Morgan fingerprint density at radius 3 is 1.81 bits per heavy atom. The first kappa shape index (κ1) is 40.6. The number of benzene rings is 4. The number of aromatic nitrogens is 4. The van der Waals surface area contributed by atoms with E-state index < -0.39 is 70.7 Å². The van der Waals surface area contributed by atoms with Crippen molar-refractivity contribution in [2.24, 2.45) is 0 Å². The Balaban J connectivity index is 1.35. The van der Waals surface area contributed by atoms with Crippen LogP contribution in [0.25, 0.3) is 11.2 Å². The standard InChI is InChI=1S/C40H32F3N5O10S/c41-40(42,43)59(52,53)58-31-32(54-21-26-13-5-1-6-14-26)39(22-55-37(50)28-17-9-3-10-18-28,23-56-38(51)29-19-11-4-12-20-29)57-36(31)48-25-46-30-33(44-24-45-34(30)48)47-35(49)27-15-7-2-8-16-27/h1-20,24-25,31-32,36H,21-23H2,(H,44,45,47,49)/t31-,32-,36-/m1/s1. The van der Waals surface area contributed by atoms with Gasteiger partial charge in [0.05, 0.1) is 24.1 Å². The number of anilines is 1. The number of ether oxygens (including phenoxy) is 4. The zero-order valence-corrected chi connectivity index (χ0v) is 31.3. The summed E-state index contributed by atoms with van der Waals surface area (Å²) in [6.45, 7) is -2.10. The van der Waals surface area contributed by atoms with Crippen LogP contribution in [-0.4, -0.2) is 82.3 Å². The van der Waals surface area contributed by atoms with Crippen molar-refractivity contribution in [1.29, 1.82) is 0 Å². The van der Waals surface area contributed by atoms with Gasteiger partial charge in [0, 0.05) is 5.56 Å². The van der Waals surface area contributed by atoms with E-state index in [0.29, 0.717) is 5.56 Å². The molecular formula is C40H32F3N5O10S. The average molecular weight is 832 g/mol. The molecule has 59 heavy (non-hydrogen) atoms. The van der Waals surface area contributed by atoms with Gasteiger partial charge in [-0.05, 0) is 42.0 Å². The van der Waals surface area contributed by atoms with E-state index in [1.54, 1.807) is 97.1 Å². The number of esters is 2. The highest BCUT2D eigenvalue weighted by Gasteiger charge is 2.63. The maximum Gasteiger partial charge on any atom is 0.523 e. The Bertz CT molecular complexity index is 2480. The average Bonchev–Trinajstić information content (AvgIpc) is 3.81. The van der Waals surface area contributed by atoms with Crippen molar-refractivity contribution in [3.8, 4) is 0 Å². The number of amides is 1. The largest absolute Gasteiger partial charge is 0.523 e. The third kappa shape index (κ3) is 8.97. The third-order valence-corrected chi connectivity index (χ3v) is 10.1. The summed E-state index contributed by atoms with van der Waals surface area (Å²) < 4.78 is 98.4. The first-order valence-electron chi connectivity index (χ1n) is 17.7. The highest BCUT2D eigenvalue weighted by atomic mass is 32.2. The summed E-state index contributed by atoms with van der Waals surface area (Å²) in [6.07, 6.45) is -4.02. The number of hydrogen-bond acceptors (Lipinski definition) is 13. The molecule has 19 heteroatoms. The molecule has 3 atom stereocenters. The normalized spacial score (nSPS) is 17.6. The lowest BCUT2D eigenvalue weighted by molar-refractivity contribution is -0.165. The summed E-state index contributed by atoms with van der Waals surface area (Å²) >= 11 is 0. The SMILES string of the molecule is O=C(Nc1ncnc2c1ncn2[C@@H]1OC(COC(=O)c2ccccc2)(COC(=O)c2ccccc2)[C@H](OCc2ccccc2)[C@H]1OS(=O)(=O)C(F)(F)F)c1ccccc1. The fourth-order valence-corrected chi connectivity index (χ4v) is 6.81. The second-order valence-corrected chi connectivity index (χ2v) is 14.6. The van der Waals surface area contributed by atoms with E-state index in [1.807, 2.05) is 0 Å². The Morgan fingerprint density at radius 2 is 1.27 bits per heavy atom. The van der Waals surface area contributed by atoms with Gasteiger partial charge < -0.3 is 24.3 Å². The van der Waals surface area contributed by atoms with Crippen molar-refractivity contribution >= 4 is 44.9 Å². The van der Waals surface area contributed by atoms with Gasteiger partial charge in [-0.15, -0.1) is 0 Å². The molecular weight excluding hydrogens is 800 g/mol. The van der Waals surface area contributed by atoms with Crippen molar-refractivity contribution in [3.05, 3.63) is 156 Å². The van der Waals surface area contributed by atoms with Gasteiger partial charge >= 0.3 is 27.6 Å². The van der Waals surface area contributed by atoms with Gasteiger partial charge in [0.1, 0.15) is 25.6 Å². The van der Waals surface area contributed by atoms with Gasteiger partial charge in [-0.25, -0.2) is 24.5 Å². The number of rotatable bonds is 14. The van der Waals surface area contributed by atoms with Crippen LogP contribution in [-0.2, 0) is 39.9 Å². The highest BCUT2D eigenvalue weighted by molar-refractivity contribution is 7.87. The van der Waals surface area contributed by atoms with Crippen LogP contribution in [0.2, 0.25) is 0 Å². The molecule has 1 aliphatic heterocycles. The number of fused-ring (bicyclic) bond motifs is 1. The molecule has 0 saturated carbocycles. The first-order valence-corrected chi connectivity index (χ1v) is 19.1. The molecule has 0 unspecified atom stereocenters. The minimum absolute atomic E-state index is 0.0788. The summed E-state index contributed by atoms with van der Waals surface area (Å²) in [5, 5.41) is 2.61. The first-order chi connectivity index (χ1) is 28.3. The lowest BCUT2D eigenvalue weighted by Gasteiger charge is -2.34. The minimum atomic E-state index is -6.43. The molecule has 1 fully saturated rings. The van der Waals surface area contributed by atoms with Gasteiger partial charge in [-0.3, -0.25) is 13.5 Å². The van der Waals surface area contributed by atoms with E-state index in [2.05, 4.69) is 20.3 Å². The molecule has 0 spiro atoms. The number of carbonyl (C=O) groups is 3. The van der Waals surface area contributed by atoms with Crippen LogP contribution >= 0.6 is 0 Å². The van der Waals surface area contributed by atoms with Gasteiger partial charge in [0.2, 0.25) is 0 Å². The van der Waals surface area contributed by atoms with Gasteiger partial charge in [-0.2, -0.15) is 21.6 Å². The number of carbonyl (C=O) groups excluding carboxylic acids is 3. The fraction of sp³-hybridized carbons (Fsp3) is 0.200. The third-order valence-electron chi connectivity index (χ3n) is 9.06. The number of alkyl halides is 3. The molecule has 2 aromatic heterocycles. The molecule has 0 bridgehead atoms. The number of hydrogen-bond donors (Lipinski definition) is 1. The van der Waals surface area contributed by atoms with Crippen LogP contribution < -0.4 is 5.32 Å². The summed E-state index contributed by atoms with van der Waals surface area (Å²) in [7, 11) is -6.43. The maximum atomic E-state index is 14.2. The minimum Gasteiger partial charge on any atom is -0.459 e. The topological polar surface area (TPSA) is 187 Å². The lowest BCUT2D eigenvalue weighted by atomic mass is 9.96. The van der Waals surface area contributed by atoms with Crippen LogP contribution in [0.1, 0.15) is 42.9 Å². The predicted molar refractivity (Wildman–Crippen MR) is 201 cm³/mol. The van der Waals surface area contributed by atoms with Crippen molar-refractivity contribution in [1.82, 2.24) is 19.5 Å². The van der Waals surface area contributed by atoms with Gasteiger partial charge in [0.25, 0.3) is 5.91 Å². The summed E-state index contributed by atoms with van der Waals surface area (Å²) in [6, 6.07) is 31.7. The van der Waals surface area contributed by atoms with E-state index in [0.717, 1.165) is 17.2 Å². The quantitative estimate of drug-likeness (QED) is 0.0780.